The fourth-order valence-electron chi connectivity index (χ4n) is 3.79. The van der Waals surface area contributed by atoms with Crippen molar-refractivity contribution in [3.63, 3.8) is 0 Å². The third-order valence-corrected chi connectivity index (χ3v) is 4.89. The standard InChI is InChI=1S/C19H21N2/c1-13-7-4-5-8-16(13)19-20(3)17-11-10-14(2)15-9-6-12-21(19)18(15)17/h4-5,7-8,10-11H,6,9,12H2,1-3H3/q+1. The Morgan fingerprint density at radius 3 is 2.62 bits per heavy atom. The molecule has 0 radical (unpaired) electrons. The maximum atomic E-state index is 2.53. The minimum Gasteiger partial charge on any atom is -0.226 e. The van der Waals surface area contributed by atoms with Crippen molar-refractivity contribution < 1.29 is 4.57 Å². The molecule has 0 N–H and O–H groups in total. The molecule has 2 heteroatoms. The molecule has 0 saturated heterocycles. The van der Waals surface area contributed by atoms with E-state index in [0.29, 0.717) is 0 Å². The Hall–Kier alpha value is -2.09. The zero-order chi connectivity index (χ0) is 14.6. The molecule has 3 aromatic rings. The summed E-state index contributed by atoms with van der Waals surface area (Å²) >= 11 is 0. The number of aryl methyl sites for hydroxylation is 5. The van der Waals surface area contributed by atoms with Gasteiger partial charge >= 0.3 is 0 Å². The van der Waals surface area contributed by atoms with E-state index in [1.54, 1.807) is 0 Å². The van der Waals surface area contributed by atoms with Gasteiger partial charge in [0.1, 0.15) is 0 Å². The molecular weight excluding hydrogens is 256 g/mol. The molecule has 0 spiro atoms. The van der Waals surface area contributed by atoms with Crippen LogP contribution in [0.4, 0.5) is 0 Å². The van der Waals surface area contributed by atoms with Crippen LogP contribution in [0, 0.1) is 13.8 Å². The van der Waals surface area contributed by atoms with E-state index in [9.17, 15) is 0 Å². The van der Waals surface area contributed by atoms with Crippen LogP contribution in [0.3, 0.4) is 0 Å². The number of benzene rings is 2. The van der Waals surface area contributed by atoms with Crippen LogP contribution in [0.2, 0.25) is 0 Å². The molecule has 1 aromatic heterocycles. The molecule has 106 valence electrons. The summed E-state index contributed by atoms with van der Waals surface area (Å²) in [7, 11) is 2.20. The number of hydrogen-bond acceptors (Lipinski definition) is 0. The first kappa shape index (κ1) is 12.6. The van der Waals surface area contributed by atoms with E-state index in [1.807, 2.05) is 0 Å². The van der Waals surface area contributed by atoms with Gasteiger partial charge in [-0.05, 0) is 49.9 Å². The van der Waals surface area contributed by atoms with Gasteiger partial charge in [-0.25, -0.2) is 9.13 Å². The molecule has 0 bridgehead atoms. The van der Waals surface area contributed by atoms with Gasteiger partial charge in [-0.1, -0.05) is 24.3 Å². The van der Waals surface area contributed by atoms with Crippen molar-refractivity contribution in [2.75, 3.05) is 0 Å². The fourth-order valence-corrected chi connectivity index (χ4v) is 3.79. The molecular formula is C19H21N2+. The van der Waals surface area contributed by atoms with E-state index in [2.05, 4.69) is 66.4 Å². The van der Waals surface area contributed by atoms with Gasteiger partial charge in [0.2, 0.25) is 0 Å². The number of aromatic nitrogens is 2. The maximum Gasteiger partial charge on any atom is 0.289 e. The van der Waals surface area contributed by atoms with Crippen LogP contribution in [0.5, 0.6) is 0 Å². The summed E-state index contributed by atoms with van der Waals surface area (Å²) in [6, 6.07) is 13.3. The lowest BCUT2D eigenvalue weighted by Gasteiger charge is -2.13. The van der Waals surface area contributed by atoms with Gasteiger partial charge in [-0.15, -0.1) is 0 Å². The summed E-state index contributed by atoms with van der Waals surface area (Å²) in [5, 5.41) is 0. The number of imidazole rings is 1. The Morgan fingerprint density at radius 1 is 1.00 bits per heavy atom. The zero-order valence-corrected chi connectivity index (χ0v) is 13.0. The van der Waals surface area contributed by atoms with E-state index in [1.165, 1.54) is 52.0 Å². The molecule has 4 rings (SSSR count). The molecule has 2 aromatic carbocycles. The van der Waals surface area contributed by atoms with E-state index >= 15 is 0 Å². The maximum absolute atomic E-state index is 2.53. The Labute approximate surface area is 125 Å². The van der Waals surface area contributed by atoms with Gasteiger partial charge in [0, 0.05) is 5.56 Å². The Kier molecular flexibility index (Phi) is 2.68. The third-order valence-electron chi connectivity index (χ3n) is 4.89. The molecule has 0 saturated carbocycles. The smallest absolute Gasteiger partial charge is 0.226 e. The quantitative estimate of drug-likeness (QED) is 0.600. The van der Waals surface area contributed by atoms with Crippen LogP contribution in [0.25, 0.3) is 22.4 Å². The summed E-state index contributed by atoms with van der Waals surface area (Å²) < 4.78 is 4.90. The minimum absolute atomic E-state index is 1.12. The molecule has 2 heterocycles. The van der Waals surface area contributed by atoms with Crippen LogP contribution in [-0.2, 0) is 20.0 Å². The second kappa shape index (κ2) is 4.45. The molecule has 0 aliphatic carbocycles. The van der Waals surface area contributed by atoms with Crippen molar-refractivity contribution in [3.8, 4) is 11.4 Å². The average molecular weight is 277 g/mol. The van der Waals surface area contributed by atoms with Crippen molar-refractivity contribution >= 4 is 11.0 Å². The molecule has 1 aliphatic rings. The zero-order valence-electron chi connectivity index (χ0n) is 13.0. The lowest BCUT2D eigenvalue weighted by atomic mass is 9.99. The highest BCUT2D eigenvalue weighted by Gasteiger charge is 2.29. The average Bonchev–Trinajstić information content (AvgIpc) is 2.77. The highest BCUT2D eigenvalue weighted by atomic mass is 15.2. The van der Waals surface area contributed by atoms with Crippen molar-refractivity contribution in [1.82, 2.24) is 4.57 Å². The third kappa shape index (κ3) is 1.68. The first-order valence-corrected chi connectivity index (χ1v) is 7.75. The molecule has 0 atom stereocenters. The fraction of sp³-hybridized carbons (Fsp3) is 0.316. The van der Waals surface area contributed by atoms with Gasteiger partial charge in [0.15, 0.2) is 11.0 Å². The predicted molar refractivity (Wildman–Crippen MR) is 86.3 cm³/mol. The topological polar surface area (TPSA) is 8.81 Å². The highest BCUT2D eigenvalue weighted by Crippen LogP contribution is 2.30. The Balaban J connectivity index is 2.15. The predicted octanol–water partition coefficient (Wildman–Crippen LogP) is 3.70. The highest BCUT2D eigenvalue weighted by molar-refractivity contribution is 5.81. The second-order valence-corrected chi connectivity index (χ2v) is 6.18. The SMILES string of the molecule is Cc1ccccc1-c1n(C)c2ccc(C)c3c2[n+]1CCC3. The largest absolute Gasteiger partial charge is 0.289 e. The lowest BCUT2D eigenvalue weighted by molar-refractivity contribution is -0.664. The van der Waals surface area contributed by atoms with Crippen molar-refractivity contribution in [1.29, 1.82) is 0 Å². The summed E-state index contributed by atoms with van der Waals surface area (Å²) in [6.45, 7) is 5.57. The molecule has 0 unspecified atom stereocenters. The van der Waals surface area contributed by atoms with Crippen LogP contribution in [-0.4, -0.2) is 4.57 Å². The van der Waals surface area contributed by atoms with Crippen LogP contribution >= 0.6 is 0 Å². The van der Waals surface area contributed by atoms with Crippen molar-refractivity contribution in [2.45, 2.75) is 33.2 Å². The number of rotatable bonds is 1. The van der Waals surface area contributed by atoms with E-state index in [0.717, 1.165) is 6.54 Å². The molecule has 2 nitrogen and oxygen atoms in total. The summed E-state index contributed by atoms with van der Waals surface area (Å²) in [4.78, 5) is 0. The second-order valence-electron chi connectivity index (χ2n) is 6.18. The van der Waals surface area contributed by atoms with Crippen molar-refractivity contribution in [3.05, 3.63) is 53.1 Å². The van der Waals surface area contributed by atoms with E-state index < -0.39 is 0 Å². The van der Waals surface area contributed by atoms with Crippen molar-refractivity contribution in [2.24, 2.45) is 7.05 Å². The van der Waals surface area contributed by atoms with Crippen LogP contribution in [0.1, 0.15) is 23.1 Å². The van der Waals surface area contributed by atoms with Gasteiger partial charge in [-0.3, -0.25) is 0 Å². The van der Waals surface area contributed by atoms with E-state index in [4.69, 9.17) is 0 Å². The van der Waals surface area contributed by atoms with Crippen LogP contribution < -0.4 is 4.57 Å². The Morgan fingerprint density at radius 2 is 1.81 bits per heavy atom. The summed E-state index contributed by atoms with van der Waals surface area (Å²) in [6.07, 6.45) is 2.45. The molecule has 1 aliphatic heterocycles. The van der Waals surface area contributed by atoms with Gasteiger partial charge in [0.05, 0.1) is 19.2 Å². The number of nitrogens with zero attached hydrogens (tertiary/aromatic N) is 2. The molecule has 21 heavy (non-hydrogen) atoms. The lowest BCUT2D eigenvalue weighted by Crippen LogP contribution is -2.39. The van der Waals surface area contributed by atoms with Gasteiger partial charge < -0.3 is 0 Å². The first-order valence-electron chi connectivity index (χ1n) is 7.75. The molecule has 0 fully saturated rings. The minimum atomic E-state index is 1.12. The summed E-state index contributed by atoms with van der Waals surface area (Å²) in [5.74, 6) is 1.34. The van der Waals surface area contributed by atoms with Gasteiger partial charge in [0.25, 0.3) is 5.82 Å². The summed E-state index contributed by atoms with van der Waals surface area (Å²) in [5.41, 5.74) is 8.46. The Bertz CT molecular complexity index is 856. The first-order chi connectivity index (χ1) is 10.2. The molecule has 0 amide bonds. The van der Waals surface area contributed by atoms with Crippen LogP contribution in [0.15, 0.2) is 36.4 Å². The number of hydrogen-bond donors (Lipinski definition) is 0. The monoisotopic (exact) mass is 277 g/mol. The normalized spacial score (nSPS) is 13.9. The van der Waals surface area contributed by atoms with Gasteiger partial charge in [-0.2, -0.15) is 0 Å². The van der Waals surface area contributed by atoms with E-state index in [-0.39, 0.29) is 0 Å².